The molecule has 0 saturated carbocycles. The van der Waals surface area contributed by atoms with Crippen LogP contribution in [0.25, 0.3) is 10.9 Å². The van der Waals surface area contributed by atoms with Crippen molar-refractivity contribution in [3.8, 4) is 0 Å². The summed E-state index contributed by atoms with van der Waals surface area (Å²) in [4.78, 5) is 36.8. The van der Waals surface area contributed by atoms with Gasteiger partial charge in [0.2, 0.25) is 11.8 Å². The van der Waals surface area contributed by atoms with Crippen LogP contribution in [0.2, 0.25) is 0 Å². The van der Waals surface area contributed by atoms with Gasteiger partial charge in [-0.05, 0) is 44.8 Å². The quantitative estimate of drug-likeness (QED) is 0.569. The summed E-state index contributed by atoms with van der Waals surface area (Å²) >= 11 is 0. The molecule has 1 N–H and O–H groups in total. The second kappa shape index (κ2) is 8.76. The van der Waals surface area contributed by atoms with Gasteiger partial charge >= 0.3 is 0 Å². The van der Waals surface area contributed by atoms with E-state index in [1.54, 1.807) is 0 Å². The van der Waals surface area contributed by atoms with Crippen LogP contribution in [0, 0.1) is 11.8 Å². The Morgan fingerprint density at radius 3 is 2.42 bits per heavy atom. The number of imide groups is 1. The molecule has 2 amide bonds. The van der Waals surface area contributed by atoms with Crippen molar-refractivity contribution < 1.29 is 9.59 Å². The minimum absolute atomic E-state index is 0.0225. The first-order chi connectivity index (χ1) is 15.9. The van der Waals surface area contributed by atoms with Crippen LogP contribution in [0.5, 0.6) is 0 Å². The lowest BCUT2D eigenvalue weighted by Crippen LogP contribution is -2.40. The molecule has 5 rings (SSSR count). The maximum absolute atomic E-state index is 13.7. The maximum Gasteiger partial charge on any atom is 0.234 e. The third-order valence-electron chi connectivity index (χ3n) is 7.26. The number of carbonyl (C=O) groups excluding carboxylic acids is 2. The lowest BCUT2D eigenvalue weighted by atomic mass is 9.72. The highest BCUT2D eigenvalue weighted by molar-refractivity contribution is 6.06. The Hall–Kier alpha value is -2.96. The predicted octanol–water partition coefficient (Wildman–Crippen LogP) is 3.10. The molecule has 2 heterocycles. The molecule has 0 radical (unpaired) electrons. The molecule has 0 bridgehead atoms. The number of para-hydroxylation sites is 1. The number of nitrogens with zero attached hydrogens (tertiary/aromatic N) is 3. The number of likely N-dealkylation sites (N-methyl/N-ethyl adjacent to an activating group) is 2. The first-order valence-corrected chi connectivity index (χ1v) is 11.8. The number of H-pyrrole nitrogens is 1. The number of aromatic amines is 1. The van der Waals surface area contributed by atoms with Crippen LogP contribution < -0.4 is 0 Å². The highest BCUT2D eigenvalue weighted by Crippen LogP contribution is 2.47. The van der Waals surface area contributed by atoms with E-state index in [1.807, 2.05) is 42.5 Å². The van der Waals surface area contributed by atoms with E-state index in [1.165, 1.54) is 15.8 Å². The molecule has 2 aliphatic rings. The van der Waals surface area contributed by atoms with Crippen molar-refractivity contribution in [3.63, 3.8) is 0 Å². The van der Waals surface area contributed by atoms with Gasteiger partial charge in [-0.2, -0.15) is 0 Å². The SMILES string of the molecule is CN(C)CCN(C)CC1c2[nH]c3ccccc3c2C[C@H]2C(=O)N(Cc3ccccc3)C(=O)[C@@H]12. The van der Waals surface area contributed by atoms with Gasteiger partial charge in [-0.15, -0.1) is 0 Å². The third-order valence-corrected chi connectivity index (χ3v) is 7.26. The van der Waals surface area contributed by atoms with Gasteiger partial charge in [-0.1, -0.05) is 48.5 Å². The summed E-state index contributed by atoms with van der Waals surface area (Å²) in [6.07, 6.45) is 0.623. The zero-order valence-corrected chi connectivity index (χ0v) is 19.6. The van der Waals surface area contributed by atoms with Crippen molar-refractivity contribution in [2.75, 3.05) is 40.8 Å². The number of fused-ring (bicyclic) bond motifs is 4. The fraction of sp³-hybridized carbons (Fsp3) is 0.407. The van der Waals surface area contributed by atoms with Crippen LogP contribution in [0.1, 0.15) is 22.7 Å². The van der Waals surface area contributed by atoms with Gasteiger partial charge in [0, 0.05) is 42.1 Å². The number of hydrogen-bond donors (Lipinski definition) is 1. The van der Waals surface area contributed by atoms with Crippen LogP contribution >= 0.6 is 0 Å². The molecule has 1 unspecified atom stereocenters. The Balaban J connectivity index is 1.50. The summed E-state index contributed by atoms with van der Waals surface area (Å²) < 4.78 is 0. The first kappa shape index (κ1) is 21.9. The second-order valence-electron chi connectivity index (χ2n) is 9.82. The molecule has 1 aliphatic heterocycles. The summed E-state index contributed by atoms with van der Waals surface area (Å²) in [5.74, 6) is -0.686. The smallest absolute Gasteiger partial charge is 0.234 e. The van der Waals surface area contributed by atoms with E-state index >= 15 is 0 Å². The predicted molar refractivity (Wildman–Crippen MR) is 130 cm³/mol. The number of likely N-dealkylation sites (tertiary alicyclic amines) is 1. The number of rotatable bonds is 7. The molecule has 1 fully saturated rings. The van der Waals surface area contributed by atoms with Crippen molar-refractivity contribution in [2.24, 2.45) is 11.8 Å². The summed E-state index contributed by atoms with van der Waals surface area (Å²) in [6, 6.07) is 18.1. The molecular formula is C27H32N4O2. The number of carbonyl (C=O) groups is 2. The van der Waals surface area contributed by atoms with Crippen molar-refractivity contribution in [1.82, 2.24) is 19.7 Å². The molecule has 172 valence electrons. The zero-order valence-electron chi connectivity index (χ0n) is 19.6. The number of hydrogen-bond acceptors (Lipinski definition) is 4. The molecule has 1 saturated heterocycles. The van der Waals surface area contributed by atoms with E-state index in [4.69, 9.17) is 0 Å². The van der Waals surface area contributed by atoms with Gasteiger partial charge in [-0.25, -0.2) is 0 Å². The number of amides is 2. The van der Waals surface area contributed by atoms with Gasteiger partial charge in [0.05, 0.1) is 18.4 Å². The standard InChI is InChI=1S/C27H32N4O2/c1-29(2)13-14-30(3)17-22-24-21(15-20-19-11-7-8-12-23(19)28-25(20)22)26(32)31(27(24)33)16-18-9-5-4-6-10-18/h4-12,21-22,24,28H,13-17H2,1-3H3/t21-,22?,24-/m1/s1. The summed E-state index contributed by atoms with van der Waals surface area (Å²) in [5.41, 5.74) is 4.42. The summed E-state index contributed by atoms with van der Waals surface area (Å²) in [5, 5.41) is 1.17. The Bertz CT molecular complexity index is 1170. The first-order valence-electron chi connectivity index (χ1n) is 11.8. The average Bonchev–Trinajstić information content (AvgIpc) is 3.29. The molecule has 3 atom stereocenters. The van der Waals surface area contributed by atoms with Crippen LogP contribution in [-0.4, -0.2) is 72.3 Å². The van der Waals surface area contributed by atoms with Crippen molar-refractivity contribution >= 4 is 22.7 Å². The Morgan fingerprint density at radius 1 is 0.939 bits per heavy atom. The molecule has 6 heteroatoms. The highest BCUT2D eigenvalue weighted by Gasteiger charge is 2.54. The Kier molecular flexibility index (Phi) is 5.81. The molecule has 6 nitrogen and oxygen atoms in total. The second-order valence-corrected chi connectivity index (χ2v) is 9.82. The highest BCUT2D eigenvalue weighted by atomic mass is 16.2. The normalized spacial score (nSPS) is 22.5. The van der Waals surface area contributed by atoms with Crippen LogP contribution in [0.15, 0.2) is 54.6 Å². The minimum Gasteiger partial charge on any atom is -0.358 e. The zero-order chi connectivity index (χ0) is 23.1. The molecule has 33 heavy (non-hydrogen) atoms. The van der Waals surface area contributed by atoms with E-state index < -0.39 is 0 Å². The lowest BCUT2D eigenvalue weighted by molar-refractivity contribution is -0.140. The minimum atomic E-state index is -0.316. The molecular weight excluding hydrogens is 412 g/mol. The van der Waals surface area contributed by atoms with Crippen molar-refractivity contribution in [3.05, 3.63) is 71.4 Å². The van der Waals surface area contributed by atoms with Gasteiger partial charge in [0.15, 0.2) is 0 Å². The van der Waals surface area contributed by atoms with E-state index in [9.17, 15) is 9.59 Å². The topological polar surface area (TPSA) is 59.7 Å². The van der Waals surface area contributed by atoms with Gasteiger partial charge < -0.3 is 14.8 Å². The van der Waals surface area contributed by atoms with E-state index in [0.717, 1.165) is 36.4 Å². The van der Waals surface area contributed by atoms with Gasteiger partial charge in [0.1, 0.15) is 0 Å². The molecule has 1 aliphatic carbocycles. The lowest BCUT2D eigenvalue weighted by Gasteiger charge is -2.34. The van der Waals surface area contributed by atoms with Crippen LogP contribution in [-0.2, 0) is 22.6 Å². The average molecular weight is 445 g/mol. The van der Waals surface area contributed by atoms with Crippen LogP contribution in [0.3, 0.4) is 0 Å². The number of nitrogens with one attached hydrogen (secondary N) is 1. The Labute approximate surface area is 195 Å². The third kappa shape index (κ3) is 3.98. The van der Waals surface area contributed by atoms with E-state index in [-0.39, 0.29) is 29.6 Å². The van der Waals surface area contributed by atoms with Gasteiger partial charge in [-0.3, -0.25) is 14.5 Å². The largest absolute Gasteiger partial charge is 0.358 e. The summed E-state index contributed by atoms with van der Waals surface area (Å²) in [6.45, 7) is 2.95. The molecule has 0 spiro atoms. The van der Waals surface area contributed by atoms with Crippen molar-refractivity contribution in [2.45, 2.75) is 18.9 Å². The molecule has 3 aromatic rings. The van der Waals surface area contributed by atoms with Gasteiger partial charge in [0.25, 0.3) is 0 Å². The fourth-order valence-electron chi connectivity index (χ4n) is 5.56. The molecule has 1 aromatic heterocycles. The van der Waals surface area contributed by atoms with Crippen molar-refractivity contribution in [1.29, 1.82) is 0 Å². The monoisotopic (exact) mass is 444 g/mol. The molecule has 2 aromatic carbocycles. The van der Waals surface area contributed by atoms with E-state index in [2.05, 4.69) is 48.1 Å². The Morgan fingerprint density at radius 2 is 1.67 bits per heavy atom. The van der Waals surface area contributed by atoms with Crippen LogP contribution in [0.4, 0.5) is 0 Å². The number of aromatic nitrogens is 1. The maximum atomic E-state index is 13.7. The van der Waals surface area contributed by atoms with E-state index in [0.29, 0.717) is 13.0 Å². The number of benzene rings is 2. The fourth-order valence-corrected chi connectivity index (χ4v) is 5.56. The summed E-state index contributed by atoms with van der Waals surface area (Å²) in [7, 11) is 6.25.